The molecule has 0 fully saturated rings. The van der Waals surface area contributed by atoms with E-state index in [1.54, 1.807) is 0 Å². The first kappa shape index (κ1) is 10.1. The molecule has 7 heteroatoms. The predicted octanol–water partition coefficient (Wildman–Crippen LogP) is 2.17. The maximum absolute atomic E-state index is 12.5. The highest BCUT2D eigenvalue weighted by molar-refractivity contribution is 4.93. The third-order valence-electron chi connectivity index (χ3n) is 1.56. The van der Waals surface area contributed by atoms with Crippen molar-refractivity contribution in [3.05, 3.63) is 12.4 Å². The molecule has 0 bridgehead atoms. The Morgan fingerprint density at radius 2 is 1.46 bits per heavy atom. The average molecular weight is 202 g/mol. The lowest BCUT2D eigenvalue weighted by atomic mass is 10.5. The van der Waals surface area contributed by atoms with Gasteiger partial charge < -0.3 is 4.90 Å². The van der Waals surface area contributed by atoms with E-state index in [9.17, 15) is 22.0 Å². The average Bonchev–Trinajstić information content (AvgIpc) is 2.28. The second-order valence-electron chi connectivity index (χ2n) is 2.69. The van der Waals surface area contributed by atoms with Crippen LogP contribution in [0.25, 0.3) is 0 Å². The summed E-state index contributed by atoms with van der Waals surface area (Å²) < 4.78 is 60.7. The summed E-state index contributed by atoms with van der Waals surface area (Å²) in [7, 11) is 0. The Labute approximate surface area is 71.2 Å². The molecule has 0 spiro atoms. The van der Waals surface area contributed by atoms with Crippen molar-refractivity contribution in [2.45, 2.75) is 19.3 Å². The fraction of sp³-hybridized carbons (Fsp3) is 0.667. The van der Waals surface area contributed by atoms with Gasteiger partial charge in [-0.3, -0.25) is 4.90 Å². The van der Waals surface area contributed by atoms with Crippen LogP contribution in [0.4, 0.5) is 22.0 Å². The molecule has 0 saturated carbocycles. The van der Waals surface area contributed by atoms with E-state index in [1.165, 1.54) is 0 Å². The Bertz CT molecular complexity index is 194. The van der Waals surface area contributed by atoms with E-state index in [2.05, 4.69) is 0 Å². The Hall–Kier alpha value is -1.01. The minimum atomic E-state index is -4.60. The molecule has 1 aliphatic rings. The largest absolute Gasteiger partial charge is 0.485 e. The van der Waals surface area contributed by atoms with Crippen molar-refractivity contribution in [3.8, 4) is 0 Å². The summed E-state index contributed by atoms with van der Waals surface area (Å²) in [6.07, 6.45) is -3.30. The number of rotatable bonds is 1. The monoisotopic (exact) mass is 202 g/mol. The molecule has 0 aliphatic carbocycles. The van der Waals surface area contributed by atoms with Crippen LogP contribution in [0.3, 0.4) is 0 Å². The van der Waals surface area contributed by atoms with E-state index in [0.29, 0.717) is 24.2 Å². The molecule has 1 aliphatic heterocycles. The van der Waals surface area contributed by atoms with E-state index in [0.717, 1.165) is 0 Å². The smallest absolute Gasteiger partial charge is 0.301 e. The maximum Gasteiger partial charge on any atom is 0.485 e. The summed E-state index contributed by atoms with van der Waals surface area (Å²) >= 11 is 0. The van der Waals surface area contributed by atoms with Gasteiger partial charge in [-0.1, -0.05) is 0 Å². The van der Waals surface area contributed by atoms with Gasteiger partial charge in [0, 0.05) is 19.3 Å². The molecule has 0 aromatic heterocycles. The summed E-state index contributed by atoms with van der Waals surface area (Å²) in [5.41, 5.74) is 0. The molecule has 0 unspecified atom stereocenters. The first-order chi connectivity index (χ1) is 5.71. The molecule has 0 aromatic rings. The van der Waals surface area contributed by atoms with Crippen molar-refractivity contribution in [1.82, 2.24) is 9.80 Å². The highest BCUT2D eigenvalue weighted by Gasteiger charge is 2.42. The van der Waals surface area contributed by atoms with E-state index >= 15 is 0 Å². The third kappa shape index (κ3) is 2.22. The molecule has 0 atom stereocenters. The van der Waals surface area contributed by atoms with E-state index in [4.69, 9.17) is 0 Å². The van der Waals surface area contributed by atoms with Crippen molar-refractivity contribution >= 4 is 0 Å². The van der Waals surface area contributed by atoms with Crippen LogP contribution in [0, 0.1) is 0 Å². The molecule has 0 radical (unpaired) electrons. The molecule has 2 nitrogen and oxygen atoms in total. The second-order valence-corrected chi connectivity index (χ2v) is 2.69. The lowest BCUT2D eigenvalue weighted by Crippen LogP contribution is -2.41. The summed E-state index contributed by atoms with van der Waals surface area (Å²) in [5.74, 6) is 0. The fourth-order valence-corrected chi connectivity index (χ4v) is 0.839. The zero-order chi connectivity index (χ0) is 10.3. The van der Waals surface area contributed by atoms with Gasteiger partial charge in [-0.15, -0.1) is 0 Å². The van der Waals surface area contributed by atoms with Crippen molar-refractivity contribution in [2.24, 2.45) is 0 Å². The van der Waals surface area contributed by atoms with Gasteiger partial charge in [0.15, 0.2) is 0 Å². The lowest BCUT2D eigenvalue weighted by Gasteiger charge is -2.26. The Morgan fingerprint density at radius 3 is 1.69 bits per heavy atom. The normalized spacial score (nSPS) is 18.6. The van der Waals surface area contributed by atoms with Crippen LogP contribution in [-0.4, -0.2) is 28.8 Å². The summed E-state index contributed by atoms with van der Waals surface area (Å²) in [5, 5.41) is 0. The quantitative estimate of drug-likeness (QED) is 0.475. The first-order valence-electron chi connectivity index (χ1n) is 3.37. The van der Waals surface area contributed by atoms with E-state index in [-0.39, 0.29) is 4.90 Å². The van der Waals surface area contributed by atoms with Gasteiger partial charge in [0.05, 0.1) is 0 Å². The molecule has 0 N–H and O–H groups in total. The van der Waals surface area contributed by atoms with Crippen molar-refractivity contribution in [3.63, 3.8) is 0 Å². The van der Waals surface area contributed by atoms with Crippen molar-refractivity contribution in [2.75, 3.05) is 6.67 Å². The zero-order valence-corrected chi connectivity index (χ0v) is 6.65. The number of nitrogens with zero attached hydrogens (tertiary/aromatic N) is 2. The van der Waals surface area contributed by atoms with E-state index in [1.807, 2.05) is 0 Å². The van der Waals surface area contributed by atoms with Crippen LogP contribution >= 0.6 is 0 Å². The molecule has 1 rings (SSSR count). The third-order valence-corrected chi connectivity index (χ3v) is 1.56. The maximum atomic E-state index is 12.5. The van der Waals surface area contributed by atoms with Crippen LogP contribution in [0.5, 0.6) is 0 Å². The lowest BCUT2D eigenvalue weighted by molar-refractivity contribution is -0.239. The van der Waals surface area contributed by atoms with E-state index < -0.39 is 19.0 Å². The minimum Gasteiger partial charge on any atom is -0.301 e. The van der Waals surface area contributed by atoms with Crippen molar-refractivity contribution in [1.29, 1.82) is 0 Å². The van der Waals surface area contributed by atoms with Crippen LogP contribution in [0.2, 0.25) is 0 Å². The Kier molecular flexibility index (Phi) is 2.13. The van der Waals surface area contributed by atoms with Gasteiger partial charge in [0.25, 0.3) is 0 Å². The van der Waals surface area contributed by atoms with Gasteiger partial charge in [0.1, 0.15) is 6.67 Å². The molecule has 0 saturated heterocycles. The number of hydrogen-bond donors (Lipinski definition) is 0. The highest BCUT2D eigenvalue weighted by Crippen LogP contribution is 2.29. The van der Waals surface area contributed by atoms with Gasteiger partial charge in [-0.05, 0) is 0 Å². The Balaban J connectivity index is 2.63. The summed E-state index contributed by atoms with van der Waals surface area (Å²) in [4.78, 5) is 0.185. The molecule has 0 amide bonds. The topological polar surface area (TPSA) is 6.48 Å². The van der Waals surface area contributed by atoms with Crippen molar-refractivity contribution < 1.29 is 22.0 Å². The van der Waals surface area contributed by atoms with Crippen LogP contribution in [0.1, 0.15) is 6.92 Å². The number of halogens is 5. The molecule has 1 heterocycles. The second kappa shape index (κ2) is 2.74. The SMILES string of the molecule is CC(F)(F)N1C=CN(C(F)(F)F)C1. The predicted molar refractivity (Wildman–Crippen MR) is 34.4 cm³/mol. The fourth-order valence-electron chi connectivity index (χ4n) is 0.839. The summed E-state index contributed by atoms with van der Waals surface area (Å²) in [6, 6.07) is -3.27. The van der Waals surface area contributed by atoms with Gasteiger partial charge in [-0.2, -0.15) is 22.0 Å². The van der Waals surface area contributed by atoms with Crippen LogP contribution < -0.4 is 0 Å². The van der Waals surface area contributed by atoms with Crippen LogP contribution in [-0.2, 0) is 0 Å². The standard InChI is InChI=1S/C6H7F5N2/c1-5(7,8)12-2-3-13(4-12)6(9,10)11/h2-3H,4H2,1H3. The molecular formula is C6H7F5N2. The molecule has 0 aromatic carbocycles. The molecular weight excluding hydrogens is 195 g/mol. The van der Waals surface area contributed by atoms with Gasteiger partial charge in [-0.25, -0.2) is 0 Å². The number of alkyl halides is 5. The van der Waals surface area contributed by atoms with Gasteiger partial charge in [0.2, 0.25) is 0 Å². The highest BCUT2D eigenvalue weighted by atomic mass is 19.4. The molecule has 76 valence electrons. The van der Waals surface area contributed by atoms with Crippen LogP contribution in [0.15, 0.2) is 12.4 Å². The number of hydrogen-bond acceptors (Lipinski definition) is 2. The zero-order valence-electron chi connectivity index (χ0n) is 6.65. The first-order valence-corrected chi connectivity index (χ1v) is 3.37. The molecule has 13 heavy (non-hydrogen) atoms. The van der Waals surface area contributed by atoms with Gasteiger partial charge >= 0.3 is 12.3 Å². The minimum absolute atomic E-state index is 0.121. The summed E-state index contributed by atoms with van der Waals surface area (Å²) in [6.45, 7) is -0.329. The Morgan fingerprint density at radius 1 is 1.00 bits per heavy atom.